The number of benzene rings is 2. The second-order valence-electron chi connectivity index (χ2n) is 8.48. The molecule has 0 spiro atoms. The minimum atomic E-state index is -0.546. The average molecular weight is 462 g/mol. The van der Waals surface area contributed by atoms with Gasteiger partial charge in [0.25, 0.3) is 0 Å². The van der Waals surface area contributed by atoms with E-state index in [0.717, 1.165) is 31.2 Å². The maximum absolute atomic E-state index is 14.9. The van der Waals surface area contributed by atoms with E-state index in [-0.39, 0.29) is 19.0 Å². The fraction of sp³-hybridized carbons (Fsp3) is 0.296. The minimum Gasteiger partial charge on any atom is -0.442 e. The van der Waals surface area contributed by atoms with Crippen LogP contribution >= 0.6 is 0 Å². The third kappa shape index (κ3) is 5.98. The molecule has 0 bridgehead atoms. The number of nitrogens with one attached hydrogen (secondary N) is 1. The Kier molecular flexibility index (Phi) is 7.52. The third-order valence-corrected chi connectivity index (χ3v) is 5.91. The number of aryl methyl sites for hydroxylation is 2. The van der Waals surface area contributed by atoms with Crippen LogP contribution in [-0.2, 0) is 22.4 Å². The molecule has 1 aliphatic rings. The molecule has 1 atom stereocenters. The fourth-order valence-electron chi connectivity index (χ4n) is 4.06. The van der Waals surface area contributed by atoms with E-state index in [4.69, 9.17) is 4.74 Å². The van der Waals surface area contributed by atoms with Crippen LogP contribution in [-0.4, -0.2) is 36.2 Å². The minimum absolute atomic E-state index is 0.194. The van der Waals surface area contributed by atoms with Crippen molar-refractivity contribution in [3.8, 4) is 11.1 Å². The van der Waals surface area contributed by atoms with Crippen LogP contribution in [0.2, 0.25) is 0 Å². The lowest BCUT2D eigenvalue weighted by Crippen LogP contribution is -2.33. The highest BCUT2D eigenvalue weighted by atomic mass is 19.1. The van der Waals surface area contributed by atoms with Crippen LogP contribution in [0.1, 0.15) is 30.9 Å². The molecule has 2 amide bonds. The Morgan fingerprint density at radius 2 is 1.74 bits per heavy atom. The van der Waals surface area contributed by atoms with Gasteiger partial charge in [0.05, 0.1) is 18.8 Å². The fourth-order valence-corrected chi connectivity index (χ4v) is 4.06. The zero-order valence-corrected chi connectivity index (χ0v) is 19.2. The summed E-state index contributed by atoms with van der Waals surface area (Å²) in [6, 6.07) is 16.8. The molecule has 1 saturated heterocycles. The van der Waals surface area contributed by atoms with Gasteiger partial charge < -0.3 is 10.1 Å². The van der Waals surface area contributed by atoms with Crippen LogP contribution in [0.15, 0.2) is 67.0 Å². The van der Waals surface area contributed by atoms with E-state index in [2.05, 4.69) is 10.3 Å². The van der Waals surface area contributed by atoms with Crippen LogP contribution in [0.5, 0.6) is 0 Å². The number of cyclic esters (lactones) is 1. The van der Waals surface area contributed by atoms with E-state index in [1.54, 1.807) is 12.1 Å². The Morgan fingerprint density at radius 3 is 2.38 bits per heavy atom. The molecule has 6 nitrogen and oxygen atoms in total. The number of carbonyl (C=O) groups is 2. The van der Waals surface area contributed by atoms with Gasteiger partial charge in [0.15, 0.2) is 0 Å². The van der Waals surface area contributed by atoms with Crippen molar-refractivity contribution in [2.24, 2.45) is 0 Å². The first-order chi connectivity index (χ1) is 16.5. The highest BCUT2D eigenvalue weighted by Gasteiger charge is 2.32. The SMILES string of the molecule is CC(=O)NC[C@H]1CN(c2ccc(-c3ccc(CCCCc4ccncc4)cc3)c(F)c2)C(=O)O1. The molecule has 7 heteroatoms. The lowest BCUT2D eigenvalue weighted by atomic mass is 10.00. The van der Waals surface area contributed by atoms with Gasteiger partial charge >= 0.3 is 6.09 Å². The molecule has 0 unspecified atom stereocenters. The van der Waals surface area contributed by atoms with Crippen molar-refractivity contribution >= 4 is 17.7 Å². The van der Waals surface area contributed by atoms with Gasteiger partial charge in [-0.15, -0.1) is 0 Å². The molecular formula is C27H28FN3O3. The molecule has 176 valence electrons. The number of anilines is 1. The van der Waals surface area contributed by atoms with Crippen molar-refractivity contribution in [1.82, 2.24) is 10.3 Å². The zero-order chi connectivity index (χ0) is 23.9. The summed E-state index contributed by atoms with van der Waals surface area (Å²) in [5.74, 6) is -0.596. The first-order valence-electron chi connectivity index (χ1n) is 11.5. The summed E-state index contributed by atoms with van der Waals surface area (Å²) < 4.78 is 20.2. The van der Waals surface area contributed by atoms with Crippen LogP contribution < -0.4 is 10.2 Å². The molecule has 2 aromatic carbocycles. The first kappa shape index (κ1) is 23.4. The Hall–Kier alpha value is -3.74. The van der Waals surface area contributed by atoms with E-state index < -0.39 is 18.0 Å². The van der Waals surface area contributed by atoms with Crippen LogP contribution in [0, 0.1) is 5.82 Å². The number of hydrogen-bond acceptors (Lipinski definition) is 4. The van der Waals surface area contributed by atoms with E-state index in [1.165, 1.54) is 29.0 Å². The maximum atomic E-state index is 14.9. The van der Waals surface area contributed by atoms with Gasteiger partial charge in [-0.05, 0) is 72.7 Å². The van der Waals surface area contributed by atoms with Crippen molar-refractivity contribution in [2.45, 2.75) is 38.7 Å². The molecule has 0 aliphatic carbocycles. The summed E-state index contributed by atoms with van der Waals surface area (Å²) in [5.41, 5.74) is 4.23. The van der Waals surface area contributed by atoms with Crippen LogP contribution in [0.25, 0.3) is 11.1 Å². The number of ether oxygens (including phenoxy) is 1. The van der Waals surface area contributed by atoms with E-state index >= 15 is 0 Å². The zero-order valence-electron chi connectivity index (χ0n) is 19.2. The molecule has 1 N–H and O–H groups in total. The maximum Gasteiger partial charge on any atom is 0.414 e. The van der Waals surface area contributed by atoms with Crippen LogP contribution in [0.3, 0.4) is 0 Å². The summed E-state index contributed by atoms with van der Waals surface area (Å²) in [6.45, 7) is 1.89. The quantitative estimate of drug-likeness (QED) is 0.460. The summed E-state index contributed by atoms with van der Waals surface area (Å²) in [6.07, 6.45) is 6.84. The van der Waals surface area contributed by atoms with E-state index in [9.17, 15) is 14.0 Å². The van der Waals surface area contributed by atoms with Crippen molar-refractivity contribution < 1.29 is 18.7 Å². The molecule has 1 aromatic heterocycles. The molecule has 0 radical (unpaired) electrons. The number of hydrogen-bond donors (Lipinski definition) is 1. The van der Waals surface area contributed by atoms with Gasteiger partial charge in [-0.2, -0.15) is 0 Å². The number of carbonyl (C=O) groups excluding carboxylic acids is 2. The largest absolute Gasteiger partial charge is 0.442 e. The number of halogens is 1. The van der Waals surface area contributed by atoms with Gasteiger partial charge in [0.2, 0.25) is 5.91 Å². The van der Waals surface area contributed by atoms with Crippen molar-refractivity contribution in [2.75, 3.05) is 18.0 Å². The Balaban J connectivity index is 1.33. The number of aromatic nitrogens is 1. The van der Waals surface area contributed by atoms with Gasteiger partial charge in [0, 0.05) is 24.9 Å². The normalized spacial score (nSPS) is 15.3. The third-order valence-electron chi connectivity index (χ3n) is 5.91. The topological polar surface area (TPSA) is 71.5 Å². The Morgan fingerprint density at radius 1 is 1.06 bits per heavy atom. The monoisotopic (exact) mass is 461 g/mol. The highest BCUT2D eigenvalue weighted by Crippen LogP contribution is 2.29. The lowest BCUT2D eigenvalue weighted by Gasteiger charge is -2.15. The average Bonchev–Trinajstić information content (AvgIpc) is 3.22. The summed E-state index contributed by atoms with van der Waals surface area (Å²) in [7, 11) is 0. The standard InChI is InChI=1S/C27H28FN3O3/c1-19(32)30-17-24-18-31(27(33)34-24)23-10-11-25(26(28)16-23)22-8-6-20(7-9-22)4-2-3-5-21-12-14-29-15-13-21/h6-16,24H,2-5,17-18H2,1H3,(H,30,32)/t24-/m0/s1. The highest BCUT2D eigenvalue weighted by molar-refractivity contribution is 5.90. The second-order valence-corrected chi connectivity index (χ2v) is 8.48. The smallest absolute Gasteiger partial charge is 0.414 e. The molecule has 0 saturated carbocycles. The summed E-state index contributed by atoms with van der Waals surface area (Å²) in [5, 5.41) is 2.63. The second kappa shape index (κ2) is 10.9. The van der Waals surface area contributed by atoms with Gasteiger partial charge in [-0.3, -0.25) is 14.7 Å². The number of amides is 2. The Labute approximate surface area is 198 Å². The first-order valence-corrected chi connectivity index (χ1v) is 11.5. The molecule has 34 heavy (non-hydrogen) atoms. The van der Waals surface area contributed by atoms with E-state index in [0.29, 0.717) is 11.3 Å². The van der Waals surface area contributed by atoms with Crippen LogP contribution in [0.4, 0.5) is 14.9 Å². The predicted molar refractivity (Wildman–Crippen MR) is 129 cm³/mol. The number of pyridine rings is 1. The van der Waals surface area contributed by atoms with Crippen molar-refractivity contribution in [3.63, 3.8) is 0 Å². The Bertz CT molecular complexity index is 1140. The molecule has 2 heterocycles. The van der Waals surface area contributed by atoms with Crippen molar-refractivity contribution in [3.05, 3.63) is 83.9 Å². The molecule has 3 aromatic rings. The van der Waals surface area contributed by atoms with Crippen molar-refractivity contribution in [1.29, 1.82) is 0 Å². The molecular weight excluding hydrogens is 433 g/mol. The predicted octanol–water partition coefficient (Wildman–Crippen LogP) is 4.91. The molecule has 1 fully saturated rings. The van der Waals surface area contributed by atoms with Gasteiger partial charge in [-0.25, -0.2) is 9.18 Å². The molecule has 4 rings (SSSR count). The number of nitrogens with zero attached hydrogens (tertiary/aromatic N) is 2. The summed E-state index contributed by atoms with van der Waals surface area (Å²) >= 11 is 0. The number of rotatable bonds is 9. The molecule has 1 aliphatic heterocycles. The number of unbranched alkanes of at least 4 members (excludes halogenated alkanes) is 1. The lowest BCUT2D eigenvalue weighted by molar-refractivity contribution is -0.119. The van der Waals surface area contributed by atoms with E-state index in [1.807, 2.05) is 48.8 Å². The summed E-state index contributed by atoms with van der Waals surface area (Å²) in [4.78, 5) is 28.7. The van der Waals surface area contributed by atoms with Gasteiger partial charge in [-0.1, -0.05) is 24.3 Å². The van der Waals surface area contributed by atoms with Gasteiger partial charge in [0.1, 0.15) is 11.9 Å².